The van der Waals surface area contributed by atoms with Crippen LogP contribution in [0.5, 0.6) is 0 Å². The second-order valence-electron chi connectivity index (χ2n) is 4.63. The van der Waals surface area contributed by atoms with Gasteiger partial charge in [-0.2, -0.15) is 0 Å². The molecule has 0 radical (unpaired) electrons. The van der Waals surface area contributed by atoms with Gasteiger partial charge in [0.15, 0.2) is 0 Å². The van der Waals surface area contributed by atoms with Gasteiger partial charge in [-0.05, 0) is 29.5 Å². The number of likely N-dealkylation sites (tertiary alicyclic amines) is 1. The van der Waals surface area contributed by atoms with E-state index in [1.807, 2.05) is 0 Å². The monoisotopic (exact) mass is 255 g/mol. The molecule has 4 nitrogen and oxygen atoms in total. The highest BCUT2D eigenvalue weighted by atomic mass is 35.5. The van der Waals surface area contributed by atoms with Crippen LogP contribution in [0.25, 0.3) is 0 Å². The van der Waals surface area contributed by atoms with Crippen LogP contribution in [-0.2, 0) is 4.79 Å². The molecule has 2 rings (SSSR count). The fourth-order valence-corrected chi connectivity index (χ4v) is 2.16. The highest BCUT2D eigenvalue weighted by molar-refractivity contribution is 6.32. The van der Waals surface area contributed by atoms with Crippen LogP contribution in [-0.4, -0.2) is 23.3 Å². The molecule has 0 bridgehead atoms. The number of furan rings is 1. The molecule has 1 aliphatic rings. The highest BCUT2D eigenvalue weighted by Gasteiger charge is 2.36. The Morgan fingerprint density at radius 1 is 1.59 bits per heavy atom. The zero-order valence-electron chi connectivity index (χ0n) is 9.77. The molecule has 0 aliphatic carbocycles. The number of hydrogen-bond donors (Lipinski definition) is 0. The zero-order chi connectivity index (χ0) is 12.6. The topological polar surface area (TPSA) is 50.5 Å². The molecule has 1 aromatic rings. The molecular formula is C12H14ClNO3. The van der Waals surface area contributed by atoms with Crippen molar-refractivity contribution in [3.63, 3.8) is 0 Å². The number of nitrogens with zero attached hydrogens (tertiary/aromatic N) is 1. The van der Waals surface area contributed by atoms with Crippen molar-refractivity contribution in [1.82, 2.24) is 4.90 Å². The maximum atomic E-state index is 12.1. The Balaban J connectivity index is 2.17. The van der Waals surface area contributed by atoms with E-state index in [1.54, 1.807) is 0 Å². The van der Waals surface area contributed by atoms with Crippen LogP contribution in [0.15, 0.2) is 16.7 Å². The SMILES string of the molecule is CC(C)C1CC(=O)N(C(=O)c2ccoc2Cl)C1. The van der Waals surface area contributed by atoms with E-state index in [9.17, 15) is 9.59 Å². The first-order valence-electron chi connectivity index (χ1n) is 5.58. The Labute approximate surface area is 105 Å². The van der Waals surface area contributed by atoms with Crippen LogP contribution in [0.1, 0.15) is 30.6 Å². The lowest BCUT2D eigenvalue weighted by atomic mass is 9.95. The molecule has 92 valence electrons. The van der Waals surface area contributed by atoms with Gasteiger partial charge in [0, 0.05) is 13.0 Å². The molecule has 1 saturated heterocycles. The van der Waals surface area contributed by atoms with E-state index in [1.165, 1.54) is 17.2 Å². The van der Waals surface area contributed by atoms with Gasteiger partial charge in [0.25, 0.3) is 5.91 Å². The summed E-state index contributed by atoms with van der Waals surface area (Å²) < 4.78 is 4.86. The van der Waals surface area contributed by atoms with Crippen LogP contribution in [0.2, 0.25) is 5.22 Å². The van der Waals surface area contributed by atoms with Gasteiger partial charge in [-0.1, -0.05) is 13.8 Å². The minimum absolute atomic E-state index is 0.0378. The van der Waals surface area contributed by atoms with Gasteiger partial charge in [-0.15, -0.1) is 0 Å². The number of halogens is 1. The highest BCUT2D eigenvalue weighted by Crippen LogP contribution is 2.27. The number of hydrogen-bond acceptors (Lipinski definition) is 3. The zero-order valence-corrected chi connectivity index (χ0v) is 10.5. The van der Waals surface area contributed by atoms with Crippen molar-refractivity contribution in [2.24, 2.45) is 11.8 Å². The first-order valence-corrected chi connectivity index (χ1v) is 5.96. The Bertz CT molecular complexity index is 452. The molecule has 0 aromatic carbocycles. The van der Waals surface area contributed by atoms with Crippen molar-refractivity contribution in [2.45, 2.75) is 20.3 Å². The number of imide groups is 1. The van der Waals surface area contributed by atoms with E-state index in [0.29, 0.717) is 18.9 Å². The largest absolute Gasteiger partial charge is 0.452 e. The molecule has 0 spiro atoms. The third-order valence-corrected chi connectivity index (χ3v) is 3.48. The minimum atomic E-state index is -0.364. The Morgan fingerprint density at radius 2 is 2.29 bits per heavy atom. The summed E-state index contributed by atoms with van der Waals surface area (Å²) in [6.07, 6.45) is 1.77. The number of rotatable bonds is 2. The lowest BCUT2D eigenvalue weighted by Gasteiger charge is -2.15. The number of carbonyl (C=O) groups is 2. The third-order valence-electron chi connectivity index (χ3n) is 3.19. The van der Waals surface area contributed by atoms with Crippen molar-refractivity contribution >= 4 is 23.4 Å². The second-order valence-corrected chi connectivity index (χ2v) is 4.97. The summed E-state index contributed by atoms with van der Waals surface area (Å²) in [6.45, 7) is 4.57. The van der Waals surface area contributed by atoms with Crippen LogP contribution in [0, 0.1) is 11.8 Å². The minimum Gasteiger partial charge on any atom is -0.452 e. The van der Waals surface area contributed by atoms with Gasteiger partial charge < -0.3 is 4.42 Å². The summed E-state index contributed by atoms with van der Waals surface area (Å²) in [5, 5.41) is 0.0378. The van der Waals surface area contributed by atoms with E-state index >= 15 is 0 Å². The summed E-state index contributed by atoms with van der Waals surface area (Å²) in [4.78, 5) is 25.1. The number of carbonyl (C=O) groups excluding carboxylic acids is 2. The molecule has 1 fully saturated rings. The maximum absolute atomic E-state index is 12.1. The first kappa shape index (κ1) is 12.2. The van der Waals surface area contributed by atoms with Crippen molar-refractivity contribution in [2.75, 3.05) is 6.54 Å². The first-order chi connectivity index (χ1) is 8.00. The molecule has 5 heteroatoms. The molecular weight excluding hydrogens is 242 g/mol. The van der Waals surface area contributed by atoms with Crippen molar-refractivity contribution in [3.05, 3.63) is 23.1 Å². The van der Waals surface area contributed by atoms with E-state index < -0.39 is 0 Å². The fourth-order valence-electron chi connectivity index (χ4n) is 1.97. The van der Waals surface area contributed by atoms with Gasteiger partial charge in [-0.3, -0.25) is 14.5 Å². The van der Waals surface area contributed by atoms with Gasteiger partial charge in [0.1, 0.15) is 0 Å². The fraction of sp³-hybridized carbons (Fsp3) is 0.500. The molecule has 0 N–H and O–H groups in total. The Morgan fingerprint density at radius 3 is 2.76 bits per heavy atom. The van der Waals surface area contributed by atoms with E-state index in [2.05, 4.69) is 13.8 Å². The van der Waals surface area contributed by atoms with Gasteiger partial charge in [0.2, 0.25) is 11.1 Å². The van der Waals surface area contributed by atoms with Crippen molar-refractivity contribution in [3.8, 4) is 0 Å². The number of amides is 2. The predicted octanol–water partition coefficient (Wildman–Crippen LogP) is 2.58. The van der Waals surface area contributed by atoms with Crippen LogP contribution in [0.4, 0.5) is 0 Å². The van der Waals surface area contributed by atoms with Gasteiger partial charge >= 0.3 is 0 Å². The molecule has 1 aliphatic heterocycles. The lowest BCUT2D eigenvalue weighted by molar-refractivity contribution is -0.125. The Hall–Kier alpha value is -1.29. The van der Waals surface area contributed by atoms with Gasteiger partial charge in [0.05, 0.1) is 11.8 Å². The molecule has 2 heterocycles. The predicted molar refractivity (Wildman–Crippen MR) is 62.7 cm³/mol. The summed E-state index contributed by atoms with van der Waals surface area (Å²) in [7, 11) is 0. The Kier molecular flexibility index (Phi) is 3.24. The van der Waals surface area contributed by atoms with Crippen LogP contribution >= 0.6 is 11.6 Å². The van der Waals surface area contributed by atoms with Crippen molar-refractivity contribution < 1.29 is 14.0 Å². The van der Waals surface area contributed by atoms with Crippen molar-refractivity contribution in [1.29, 1.82) is 0 Å². The van der Waals surface area contributed by atoms with Crippen LogP contribution in [0.3, 0.4) is 0 Å². The second kappa shape index (κ2) is 4.53. The smallest absolute Gasteiger partial charge is 0.265 e. The summed E-state index contributed by atoms with van der Waals surface area (Å²) in [6, 6.07) is 1.49. The van der Waals surface area contributed by atoms with Crippen LogP contribution < -0.4 is 0 Å². The summed E-state index contributed by atoms with van der Waals surface area (Å²) >= 11 is 5.73. The van der Waals surface area contributed by atoms with Gasteiger partial charge in [-0.25, -0.2) is 0 Å². The van der Waals surface area contributed by atoms with E-state index in [4.69, 9.17) is 16.0 Å². The molecule has 1 atom stereocenters. The summed E-state index contributed by atoms with van der Waals surface area (Å²) in [5.41, 5.74) is 0.254. The van der Waals surface area contributed by atoms with E-state index in [-0.39, 0.29) is 28.5 Å². The van der Waals surface area contributed by atoms with E-state index in [0.717, 1.165) is 0 Å². The summed E-state index contributed by atoms with van der Waals surface area (Å²) in [5.74, 6) is 0.122. The molecule has 0 saturated carbocycles. The standard InChI is InChI=1S/C12H14ClNO3/c1-7(2)8-5-10(15)14(6-8)12(16)9-3-4-17-11(9)13/h3-4,7-8H,5-6H2,1-2H3. The normalized spacial score (nSPS) is 20.4. The maximum Gasteiger partial charge on any atom is 0.265 e. The average Bonchev–Trinajstić information content (AvgIpc) is 2.83. The third kappa shape index (κ3) is 2.22. The average molecular weight is 256 g/mol. The quantitative estimate of drug-likeness (QED) is 0.763. The lowest BCUT2D eigenvalue weighted by Crippen LogP contribution is -2.32. The molecule has 1 unspecified atom stereocenters. The molecule has 2 amide bonds. The molecule has 17 heavy (non-hydrogen) atoms. The molecule has 1 aromatic heterocycles.